The fourth-order valence-corrected chi connectivity index (χ4v) is 1.21. The summed E-state index contributed by atoms with van der Waals surface area (Å²) in [4.78, 5) is 0. The van der Waals surface area contributed by atoms with E-state index < -0.39 is 0 Å². The molecule has 76 valence electrons. The van der Waals surface area contributed by atoms with Crippen LogP contribution in [-0.4, -0.2) is 12.4 Å². The van der Waals surface area contributed by atoms with Gasteiger partial charge in [0.05, 0.1) is 0 Å². The number of aryl methyl sites for hydroxylation is 2. The zero-order valence-corrected chi connectivity index (χ0v) is 8.45. The normalized spacial score (nSPS) is 11.4. The van der Waals surface area contributed by atoms with Gasteiger partial charge in [0.1, 0.15) is 12.4 Å². The third-order valence-electron chi connectivity index (χ3n) is 1.94. The second-order valence-corrected chi connectivity index (χ2v) is 3.13. The molecule has 4 N–H and O–H groups in total. The standard InChI is InChI=1S/C10H15N3O/c1-7-4-3-5-8(2)10(7)14-6-9(11)13-12/h3-5H,6,12H2,1-2H3,(H2,11,13). The molecule has 0 atom stereocenters. The van der Waals surface area contributed by atoms with Crippen LogP contribution in [0.15, 0.2) is 23.3 Å². The number of nitrogens with two attached hydrogens (primary N) is 2. The Bertz CT molecular complexity index is 327. The Kier molecular flexibility index (Phi) is 3.34. The van der Waals surface area contributed by atoms with Crippen molar-refractivity contribution in [2.24, 2.45) is 16.7 Å². The highest BCUT2D eigenvalue weighted by Gasteiger charge is 2.03. The fourth-order valence-electron chi connectivity index (χ4n) is 1.21. The second kappa shape index (κ2) is 4.50. The molecule has 0 heterocycles. The van der Waals surface area contributed by atoms with Gasteiger partial charge in [0, 0.05) is 0 Å². The summed E-state index contributed by atoms with van der Waals surface area (Å²) in [5.41, 5.74) is 7.58. The quantitative estimate of drug-likeness (QED) is 0.324. The van der Waals surface area contributed by atoms with E-state index in [9.17, 15) is 0 Å². The first-order valence-electron chi connectivity index (χ1n) is 4.36. The van der Waals surface area contributed by atoms with Crippen LogP contribution >= 0.6 is 0 Å². The van der Waals surface area contributed by atoms with E-state index in [4.69, 9.17) is 16.3 Å². The van der Waals surface area contributed by atoms with E-state index in [1.54, 1.807) is 0 Å². The maximum absolute atomic E-state index is 5.48. The van der Waals surface area contributed by atoms with Crippen LogP contribution < -0.4 is 16.3 Å². The van der Waals surface area contributed by atoms with Crippen molar-refractivity contribution >= 4 is 5.84 Å². The highest BCUT2D eigenvalue weighted by atomic mass is 16.5. The number of rotatable bonds is 3. The van der Waals surface area contributed by atoms with Crippen LogP contribution in [0, 0.1) is 13.8 Å². The van der Waals surface area contributed by atoms with Crippen molar-refractivity contribution in [3.63, 3.8) is 0 Å². The maximum Gasteiger partial charge on any atom is 0.157 e. The van der Waals surface area contributed by atoms with Gasteiger partial charge in [0.25, 0.3) is 0 Å². The number of hydrogen-bond donors (Lipinski definition) is 2. The Morgan fingerprint density at radius 2 is 1.93 bits per heavy atom. The van der Waals surface area contributed by atoms with Gasteiger partial charge in [-0.3, -0.25) is 0 Å². The average Bonchev–Trinajstić information content (AvgIpc) is 2.16. The van der Waals surface area contributed by atoms with E-state index in [-0.39, 0.29) is 12.4 Å². The van der Waals surface area contributed by atoms with Crippen molar-refractivity contribution in [1.82, 2.24) is 0 Å². The van der Waals surface area contributed by atoms with Gasteiger partial charge in [-0.2, -0.15) is 5.10 Å². The summed E-state index contributed by atoms with van der Waals surface area (Å²) in [6.45, 7) is 4.19. The lowest BCUT2D eigenvalue weighted by Crippen LogP contribution is -2.23. The number of para-hydroxylation sites is 1. The van der Waals surface area contributed by atoms with Gasteiger partial charge >= 0.3 is 0 Å². The zero-order chi connectivity index (χ0) is 10.6. The van der Waals surface area contributed by atoms with Gasteiger partial charge in [-0.15, -0.1) is 0 Å². The third-order valence-corrected chi connectivity index (χ3v) is 1.94. The summed E-state index contributed by atoms with van der Waals surface area (Å²) in [5.74, 6) is 6.13. The predicted octanol–water partition coefficient (Wildman–Crippen LogP) is 0.913. The lowest BCUT2D eigenvalue weighted by Gasteiger charge is -2.10. The predicted molar refractivity (Wildman–Crippen MR) is 57.2 cm³/mol. The molecule has 0 aliphatic rings. The van der Waals surface area contributed by atoms with Gasteiger partial charge in [-0.1, -0.05) is 18.2 Å². The van der Waals surface area contributed by atoms with Crippen LogP contribution in [0.5, 0.6) is 5.75 Å². The van der Waals surface area contributed by atoms with Crippen LogP contribution in [0.25, 0.3) is 0 Å². The zero-order valence-electron chi connectivity index (χ0n) is 8.45. The smallest absolute Gasteiger partial charge is 0.157 e. The first-order chi connectivity index (χ1) is 6.65. The molecule has 1 aromatic carbocycles. The van der Waals surface area contributed by atoms with Gasteiger partial charge in [-0.05, 0) is 25.0 Å². The van der Waals surface area contributed by atoms with Crippen LogP contribution in [0.4, 0.5) is 0 Å². The molecule has 0 spiro atoms. The molecule has 0 aliphatic heterocycles. The summed E-state index contributed by atoms with van der Waals surface area (Å²) in [5, 5.41) is 3.33. The lowest BCUT2D eigenvalue weighted by atomic mass is 10.1. The topological polar surface area (TPSA) is 73.6 Å². The summed E-state index contributed by atoms with van der Waals surface area (Å²) < 4.78 is 5.48. The third kappa shape index (κ3) is 2.39. The number of hydrazone groups is 1. The minimum atomic E-state index is 0.224. The van der Waals surface area contributed by atoms with E-state index >= 15 is 0 Å². The van der Waals surface area contributed by atoms with E-state index in [0.717, 1.165) is 16.9 Å². The molecule has 0 saturated heterocycles. The first kappa shape index (κ1) is 10.4. The molecule has 14 heavy (non-hydrogen) atoms. The van der Waals surface area contributed by atoms with Crippen molar-refractivity contribution in [3.8, 4) is 5.75 Å². The molecule has 0 amide bonds. The first-order valence-corrected chi connectivity index (χ1v) is 4.36. The summed E-state index contributed by atoms with van der Waals surface area (Å²) >= 11 is 0. The van der Waals surface area contributed by atoms with Gasteiger partial charge in [0.2, 0.25) is 0 Å². The minimum absolute atomic E-state index is 0.224. The number of nitrogens with zero attached hydrogens (tertiary/aromatic N) is 1. The van der Waals surface area contributed by atoms with E-state index in [2.05, 4.69) is 5.10 Å². The molecule has 0 unspecified atom stereocenters. The van der Waals surface area contributed by atoms with Crippen molar-refractivity contribution in [1.29, 1.82) is 0 Å². The van der Waals surface area contributed by atoms with Crippen molar-refractivity contribution in [2.75, 3.05) is 6.61 Å². The number of hydrogen-bond acceptors (Lipinski definition) is 3. The molecule has 0 aromatic heterocycles. The molecule has 4 heteroatoms. The highest BCUT2D eigenvalue weighted by Crippen LogP contribution is 2.21. The largest absolute Gasteiger partial charge is 0.485 e. The van der Waals surface area contributed by atoms with Crippen LogP contribution in [0.3, 0.4) is 0 Å². The lowest BCUT2D eigenvalue weighted by molar-refractivity contribution is 0.369. The number of amidine groups is 1. The van der Waals surface area contributed by atoms with Crippen molar-refractivity contribution in [2.45, 2.75) is 13.8 Å². The Labute approximate surface area is 83.5 Å². The maximum atomic E-state index is 5.48. The second-order valence-electron chi connectivity index (χ2n) is 3.13. The molecule has 4 nitrogen and oxygen atoms in total. The number of benzene rings is 1. The Hall–Kier alpha value is -1.71. The Morgan fingerprint density at radius 3 is 2.43 bits per heavy atom. The summed E-state index contributed by atoms with van der Waals surface area (Å²) in [7, 11) is 0. The molecular formula is C10H15N3O. The minimum Gasteiger partial charge on any atom is -0.485 e. The highest BCUT2D eigenvalue weighted by molar-refractivity contribution is 5.81. The fraction of sp³-hybridized carbons (Fsp3) is 0.300. The molecule has 0 bridgehead atoms. The van der Waals surface area contributed by atoms with Crippen LogP contribution in [0.1, 0.15) is 11.1 Å². The van der Waals surface area contributed by atoms with Gasteiger partial charge < -0.3 is 16.3 Å². The Morgan fingerprint density at radius 1 is 1.36 bits per heavy atom. The average molecular weight is 193 g/mol. The summed E-state index contributed by atoms with van der Waals surface area (Å²) in [6, 6.07) is 5.95. The van der Waals surface area contributed by atoms with Crippen molar-refractivity contribution in [3.05, 3.63) is 29.3 Å². The van der Waals surface area contributed by atoms with Gasteiger partial charge in [0.15, 0.2) is 5.84 Å². The molecule has 1 aromatic rings. The molecule has 0 aliphatic carbocycles. The van der Waals surface area contributed by atoms with E-state index in [1.165, 1.54) is 0 Å². The SMILES string of the molecule is Cc1cccc(C)c1OC/C(N)=N/N. The molecule has 0 saturated carbocycles. The van der Waals surface area contributed by atoms with E-state index in [0.29, 0.717) is 0 Å². The van der Waals surface area contributed by atoms with E-state index in [1.807, 2.05) is 32.0 Å². The number of ether oxygens (including phenoxy) is 1. The summed E-state index contributed by atoms with van der Waals surface area (Å²) in [6.07, 6.45) is 0. The molecule has 0 radical (unpaired) electrons. The monoisotopic (exact) mass is 193 g/mol. The molecule has 1 rings (SSSR count). The molecular weight excluding hydrogens is 178 g/mol. The van der Waals surface area contributed by atoms with Crippen LogP contribution in [-0.2, 0) is 0 Å². The van der Waals surface area contributed by atoms with Crippen LogP contribution in [0.2, 0.25) is 0 Å². The Balaban J connectivity index is 2.76. The molecule has 0 fully saturated rings. The van der Waals surface area contributed by atoms with Gasteiger partial charge in [-0.25, -0.2) is 0 Å². The van der Waals surface area contributed by atoms with Crippen molar-refractivity contribution < 1.29 is 4.74 Å².